The summed E-state index contributed by atoms with van der Waals surface area (Å²) in [7, 11) is 0. The molecule has 4 nitrogen and oxygen atoms in total. The van der Waals surface area contributed by atoms with Crippen LogP contribution in [0.4, 0.5) is 0 Å². The molecular weight excluding hydrogens is 226 g/mol. The summed E-state index contributed by atoms with van der Waals surface area (Å²) in [4.78, 5) is 13.9. The largest absolute Gasteiger partial charge is 0.337 e. The first-order chi connectivity index (χ1) is 7.58. The average Bonchev–Trinajstić information content (AvgIpc) is 2.67. The first-order valence-electron chi connectivity index (χ1n) is 5.32. The first kappa shape index (κ1) is 11.3. The van der Waals surface area contributed by atoms with Crippen LogP contribution in [0, 0.1) is 13.8 Å². The maximum atomic E-state index is 12.2. The molecule has 2 rings (SSSR count). The number of hydrogen-bond acceptors (Lipinski definition) is 3. The highest BCUT2D eigenvalue weighted by molar-refractivity contribution is 6.21. The number of carbonyl (C=O) groups excluding carboxylic acids is 1. The highest BCUT2D eigenvalue weighted by atomic mass is 35.5. The number of aryl methyl sites for hydroxylation is 2. The Kier molecular flexibility index (Phi) is 3.10. The van der Waals surface area contributed by atoms with Crippen LogP contribution in [0.1, 0.15) is 28.2 Å². The molecule has 1 fully saturated rings. The quantitative estimate of drug-likeness (QED) is 0.699. The van der Waals surface area contributed by atoms with Crippen molar-refractivity contribution in [2.24, 2.45) is 0 Å². The molecule has 86 valence electrons. The average molecular weight is 240 g/mol. The number of hydrogen-bond donors (Lipinski definition) is 0. The van der Waals surface area contributed by atoms with Crippen molar-refractivity contribution >= 4 is 17.5 Å². The molecule has 1 atom stereocenters. The van der Waals surface area contributed by atoms with Crippen molar-refractivity contribution in [3.05, 3.63) is 23.0 Å². The van der Waals surface area contributed by atoms with E-state index in [0.717, 1.165) is 18.7 Å². The smallest absolute Gasteiger partial charge is 0.255 e. The molecule has 1 unspecified atom stereocenters. The standard InChI is InChI=1S/C11H14ClN3O/c1-7-5-10(8(2)14-13-7)11(16)15-4-3-9(12)6-15/h5,9H,3-4,6H2,1-2H3. The van der Waals surface area contributed by atoms with Gasteiger partial charge in [0.1, 0.15) is 0 Å². The molecule has 0 aromatic carbocycles. The SMILES string of the molecule is Cc1cc(C(=O)N2CCC(Cl)C2)c(C)nn1. The molecule has 0 spiro atoms. The topological polar surface area (TPSA) is 46.1 Å². The molecule has 1 aromatic rings. The first-order valence-corrected chi connectivity index (χ1v) is 5.76. The lowest BCUT2D eigenvalue weighted by molar-refractivity contribution is 0.0791. The van der Waals surface area contributed by atoms with Crippen LogP contribution in [0.3, 0.4) is 0 Å². The Hall–Kier alpha value is -1.16. The van der Waals surface area contributed by atoms with Crippen LogP contribution < -0.4 is 0 Å². The van der Waals surface area contributed by atoms with E-state index in [2.05, 4.69) is 10.2 Å². The van der Waals surface area contributed by atoms with Gasteiger partial charge in [-0.25, -0.2) is 0 Å². The Morgan fingerprint density at radius 2 is 2.25 bits per heavy atom. The lowest BCUT2D eigenvalue weighted by Crippen LogP contribution is -2.29. The second kappa shape index (κ2) is 4.37. The van der Waals surface area contributed by atoms with Crippen LogP contribution in [-0.2, 0) is 0 Å². The Labute approximate surface area is 99.6 Å². The highest BCUT2D eigenvalue weighted by Gasteiger charge is 2.26. The molecule has 0 N–H and O–H groups in total. The normalized spacial score (nSPS) is 20.2. The van der Waals surface area contributed by atoms with E-state index < -0.39 is 0 Å². The van der Waals surface area contributed by atoms with Crippen molar-refractivity contribution in [3.8, 4) is 0 Å². The molecule has 0 bridgehead atoms. The van der Waals surface area contributed by atoms with Gasteiger partial charge in [-0.3, -0.25) is 4.79 Å². The van der Waals surface area contributed by atoms with Crippen LogP contribution in [0.15, 0.2) is 6.07 Å². The molecule has 16 heavy (non-hydrogen) atoms. The summed E-state index contributed by atoms with van der Waals surface area (Å²) in [5.41, 5.74) is 2.07. The van der Waals surface area contributed by atoms with Crippen molar-refractivity contribution in [2.45, 2.75) is 25.6 Å². The molecule has 1 aromatic heterocycles. The van der Waals surface area contributed by atoms with Gasteiger partial charge in [-0.05, 0) is 26.3 Å². The summed E-state index contributed by atoms with van der Waals surface area (Å²) in [6.45, 7) is 4.99. The molecule has 1 aliphatic rings. The molecule has 5 heteroatoms. The van der Waals surface area contributed by atoms with Crippen molar-refractivity contribution in [1.29, 1.82) is 0 Å². The van der Waals surface area contributed by atoms with Gasteiger partial charge in [0.25, 0.3) is 5.91 Å². The maximum Gasteiger partial charge on any atom is 0.255 e. The van der Waals surface area contributed by atoms with Crippen molar-refractivity contribution in [1.82, 2.24) is 15.1 Å². The van der Waals surface area contributed by atoms with Gasteiger partial charge in [0.15, 0.2) is 0 Å². The monoisotopic (exact) mass is 239 g/mol. The number of likely N-dealkylation sites (tertiary alicyclic amines) is 1. The van der Waals surface area contributed by atoms with E-state index in [1.165, 1.54) is 0 Å². The Balaban J connectivity index is 2.23. The van der Waals surface area contributed by atoms with E-state index in [4.69, 9.17) is 11.6 Å². The fraction of sp³-hybridized carbons (Fsp3) is 0.545. The van der Waals surface area contributed by atoms with Gasteiger partial charge >= 0.3 is 0 Å². The number of carbonyl (C=O) groups is 1. The number of nitrogens with zero attached hydrogens (tertiary/aromatic N) is 3. The number of aromatic nitrogens is 2. The van der Waals surface area contributed by atoms with Crippen LogP contribution in [0.5, 0.6) is 0 Å². The lowest BCUT2D eigenvalue weighted by Gasteiger charge is -2.16. The number of alkyl halides is 1. The van der Waals surface area contributed by atoms with E-state index in [1.54, 1.807) is 17.9 Å². The minimum Gasteiger partial charge on any atom is -0.337 e. The van der Waals surface area contributed by atoms with Crippen LogP contribution in [0.2, 0.25) is 0 Å². The Bertz CT molecular complexity index is 422. The third-order valence-corrected chi connectivity index (χ3v) is 3.11. The molecule has 0 radical (unpaired) electrons. The van der Waals surface area contributed by atoms with Crippen molar-refractivity contribution < 1.29 is 4.79 Å². The zero-order valence-corrected chi connectivity index (χ0v) is 10.2. The van der Waals surface area contributed by atoms with Gasteiger partial charge in [-0.1, -0.05) is 0 Å². The second-order valence-corrected chi connectivity index (χ2v) is 4.74. The molecule has 1 saturated heterocycles. The number of amides is 1. The van der Waals surface area contributed by atoms with Gasteiger partial charge in [0, 0.05) is 13.1 Å². The Morgan fingerprint density at radius 3 is 2.88 bits per heavy atom. The lowest BCUT2D eigenvalue weighted by atomic mass is 10.2. The van der Waals surface area contributed by atoms with E-state index in [1.807, 2.05) is 6.92 Å². The predicted octanol–water partition coefficient (Wildman–Crippen LogP) is 1.55. The summed E-state index contributed by atoms with van der Waals surface area (Å²) >= 11 is 5.99. The van der Waals surface area contributed by atoms with Gasteiger partial charge in [-0.15, -0.1) is 11.6 Å². The molecule has 2 heterocycles. The third-order valence-electron chi connectivity index (χ3n) is 2.75. The zero-order chi connectivity index (χ0) is 11.7. The Morgan fingerprint density at radius 1 is 1.50 bits per heavy atom. The summed E-state index contributed by atoms with van der Waals surface area (Å²) < 4.78 is 0. The number of halogens is 1. The highest BCUT2D eigenvalue weighted by Crippen LogP contribution is 2.18. The summed E-state index contributed by atoms with van der Waals surface area (Å²) in [5.74, 6) is 0.0126. The molecule has 1 aliphatic heterocycles. The maximum absolute atomic E-state index is 12.2. The molecule has 0 saturated carbocycles. The molecular formula is C11H14ClN3O. The summed E-state index contributed by atoms with van der Waals surface area (Å²) in [5, 5.41) is 7.96. The van der Waals surface area contributed by atoms with Gasteiger partial charge in [0.05, 0.1) is 22.3 Å². The summed E-state index contributed by atoms with van der Waals surface area (Å²) in [6, 6.07) is 1.78. The minimum atomic E-state index is 0.0126. The van der Waals surface area contributed by atoms with Crippen molar-refractivity contribution in [3.63, 3.8) is 0 Å². The molecule has 1 amide bonds. The van der Waals surface area contributed by atoms with Gasteiger partial charge in [0.2, 0.25) is 0 Å². The summed E-state index contributed by atoms with van der Waals surface area (Å²) in [6.07, 6.45) is 0.865. The van der Waals surface area contributed by atoms with Gasteiger partial charge in [-0.2, -0.15) is 10.2 Å². The van der Waals surface area contributed by atoms with Gasteiger partial charge < -0.3 is 4.90 Å². The van der Waals surface area contributed by atoms with Crippen LogP contribution in [-0.4, -0.2) is 39.5 Å². The van der Waals surface area contributed by atoms with E-state index in [9.17, 15) is 4.79 Å². The van der Waals surface area contributed by atoms with Crippen molar-refractivity contribution in [2.75, 3.05) is 13.1 Å². The number of rotatable bonds is 1. The minimum absolute atomic E-state index is 0.0126. The fourth-order valence-corrected chi connectivity index (χ4v) is 2.10. The second-order valence-electron chi connectivity index (χ2n) is 4.12. The van der Waals surface area contributed by atoms with E-state index in [0.29, 0.717) is 17.8 Å². The third kappa shape index (κ3) is 2.16. The fourth-order valence-electron chi connectivity index (χ4n) is 1.84. The van der Waals surface area contributed by atoms with Crippen LogP contribution in [0.25, 0.3) is 0 Å². The van der Waals surface area contributed by atoms with E-state index in [-0.39, 0.29) is 11.3 Å². The molecule has 0 aliphatic carbocycles. The predicted molar refractivity (Wildman–Crippen MR) is 61.7 cm³/mol. The zero-order valence-electron chi connectivity index (χ0n) is 9.40. The van der Waals surface area contributed by atoms with E-state index >= 15 is 0 Å². The van der Waals surface area contributed by atoms with Crippen LogP contribution >= 0.6 is 11.6 Å².